The molecule has 4 saturated carbocycles. The zero-order valence-electron chi connectivity index (χ0n) is 18.8. The number of hydrogen-bond acceptors (Lipinski definition) is 3. The van der Waals surface area contributed by atoms with Crippen molar-refractivity contribution in [1.29, 1.82) is 0 Å². The van der Waals surface area contributed by atoms with Crippen molar-refractivity contribution in [3.63, 3.8) is 0 Å². The van der Waals surface area contributed by atoms with Crippen LogP contribution in [0.1, 0.15) is 71.6 Å². The first-order chi connectivity index (χ1) is 14.3. The predicted molar refractivity (Wildman–Crippen MR) is 122 cm³/mol. The number of aliphatic hydroxyl groups excluding tert-OH is 3. The van der Waals surface area contributed by atoms with Gasteiger partial charge in [-0.15, -0.1) is 0 Å². The molecule has 0 aromatic carbocycles. The van der Waals surface area contributed by atoms with Gasteiger partial charge >= 0.3 is 0 Å². The summed E-state index contributed by atoms with van der Waals surface area (Å²) in [5.41, 5.74) is 3.63. The molecule has 4 aliphatic rings. The fraction of sp³-hybridized carbons (Fsp3) is 0.704. The summed E-state index contributed by atoms with van der Waals surface area (Å²) in [6, 6.07) is 0. The molecule has 30 heavy (non-hydrogen) atoms. The summed E-state index contributed by atoms with van der Waals surface area (Å²) in [6.07, 6.45) is 16.9. The van der Waals surface area contributed by atoms with Gasteiger partial charge in [-0.2, -0.15) is 0 Å². The second-order valence-corrected chi connectivity index (χ2v) is 10.7. The Balaban J connectivity index is 1.48. The van der Waals surface area contributed by atoms with Gasteiger partial charge in [0.05, 0.1) is 18.3 Å². The molecule has 0 aromatic heterocycles. The first kappa shape index (κ1) is 22.0. The Labute approximate surface area is 182 Å². The van der Waals surface area contributed by atoms with E-state index in [2.05, 4.69) is 44.7 Å². The molecule has 1 unspecified atom stereocenters. The molecule has 0 amide bonds. The average Bonchev–Trinajstić information content (AvgIpc) is 3.49. The third kappa shape index (κ3) is 4.40. The van der Waals surface area contributed by atoms with Crippen LogP contribution in [0.3, 0.4) is 0 Å². The van der Waals surface area contributed by atoms with Crippen molar-refractivity contribution in [2.45, 2.75) is 89.9 Å². The van der Waals surface area contributed by atoms with Crippen molar-refractivity contribution in [3.05, 3.63) is 47.6 Å². The third-order valence-electron chi connectivity index (χ3n) is 8.65. The van der Waals surface area contributed by atoms with E-state index in [1.54, 1.807) is 0 Å². The van der Waals surface area contributed by atoms with Crippen molar-refractivity contribution in [2.24, 2.45) is 29.1 Å². The summed E-state index contributed by atoms with van der Waals surface area (Å²) in [7, 11) is 0. The van der Waals surface area contributed by atoms with E-state index in [-0.39, 0.29) is 6.10 Å². The fourth-order valence-electron chi connectivity index (χ4n) is 6.63. The van der Waals surface area contributed by atoms with Crippen LogP contribution in [0.15, 0.2) is 47.6 Å². The molecule has 0 spiro atoms. The molecular formula is C27H40O3. The van der Waals surface area contributed by atoms with Crippen LogP contribution < -0.4 is 0 Å². The Hall–Kier alpha value is -1.16. The third-order valence-corrected chi connectivity index (χ3v) is 8.65. The average molecular weight is 413 g/mol. The number of fused-ring (bicyclic) bond motifs is 1. The number of hydrogen-bond donors (Lipinski definition) is 3. The van der Waals surface area contributed by atoms with Crippen molar-refractivity contribution in [3.8, 4) is 0 Å². The molecular weight excluding hydrogens is 372 g/mol. The summed E-state index contributed by atoms with van der Waals surface area (Å²) in [5, 5.41) is 30.4. The van der Waals surface area contributed by atoms with E-state index in [1.165, 1.54) is 44.1 Å². The summed E-state index contributed by atoms with van der Waals surface area (Å²) < 4.78 is 0. The second kappa shape index (κ2) is 8.76. The van der Waals surface area contributed by atoms with E-state index in [0.29, 0.717) is 41.9 Å². The fourth-order valence-corrected chi connectivity index (χ4v) is 6.63. The maximum Gasteiger partial charge on any atom is 0.0811 e. The highest BCUT2D eigenvalue weighted by atomic mass is 16.3. The molecule has 3 N–H and O–H groups in total. The van der Waals surface area contributed by atoms with Gasteiger partial charge in [-0.1, -0.05) is 50.3 Å². The molecule has 166 valence electrons. The maximum absolute atomic E-state index is 10.2. The standard InChI is InChI=1S/C27H40O3/c1-17(6-13-25(29)20-8-9-20)23-11-12-24-19(5-4-14-27(23,24)3)7-10-21-15-22(28)16-26(30)18(21)2/h6-7,10,13,17,20,22-26,28-30H,2,4-5,8-9,11-12,14-16H2,1,3H3/b13-6+,19-7?,21-10?/t17-,22-,23-,24?,25-,26+,27-/m1/s1. The Morgan fingerprint density at radius 1 is 1.10 bits per heavy atom. The van der Waals surface area contributed by atoms with Gasteiger partial charge < -0.3 is 15.3 Å². The van der Waals surface area contributed by atoms with Gasteiger partial charge in [0.25, 0.3) is 0 Å². The van der Waals surface area contributed by atoms with E-state index < -0.39 is 12.2 Å². The van der Waals surface area contributed by atoms with Crippen LogP contribution in [0.4, 0.5) is 0 Å². The minimum absolute atomic E-state index is 0.250. The largest absolute Gasteiger partial charge is 0.393 e. The molecule has 3 nitrogen and oxygen atoms in total. The minimum atomic E-state index is -0.621. The van der Waals surface area contributed by atoms with Crippen LogP contribution in [0, 0.1) is 29.1 Å². The summed E-state index contributed by atoms with van der Waals surface area (Å²) in [4.78, 5) is 0. The van der Waals surface area contributed by atoms with Gasteiger partial charge in [0.15, 0.2) is 0 Å². The minimum Gasteiger partial charge on any atom is -0.393 e. The SMILES string of the molecule is C=C1C(=CC=C2CCC[C@@]3(C)C2CC[C@@H]3[C@H](C)/C=C/[C@@H](O)C2CC2)C[C@@H](O)C[C@@H]1O. The lowest BCUT2D eigenvalue weighted by molar-refractivity contribution is 0.0862. The van der Waals surface area contributed by atoms with Crippen LogP contribution in [-0.2, 0) is 0 Å². The highest BCUT2D eigenvalue weighted by molar-refractivity contribution is 5.38. The van der Waals surface area contributed by atoms with E-state index >= 15 is 0 Å². The van der Waals surface area contributed by atoms with Gasteiger partial charge in [0.1, 0.15) is 0 Å². The van der Waals surface area contributed by atoms with Gasteiger partial charge in [0.2, 0.25) is 0 Å². The molecule has 0 heterocycles. The zero-order chi connectivity index (χ0) is 21.5. The second-order valence-electron chi connectivity index (χ2n) is 10.7. The summed E-state index contributed by atoms with van der Waals surface area (Å²) >= 11 is 0. The normalized spacial score (nSPS) is 42.1. The molecule has 0 radical (unpaired) electrons. The van der Waals surface area contributed by atoms with E-state index in [9.17, 15) is 15.3 Å². The molecule has 4 fully saturated rings. The van der Waals surface area contributed by atoms with E-state index in [0.717, 1.165) is 17.6 Å². The van der Waals surface area contributed by atoms with Gasteiger partial charge in [-0.25, -0.2) is 0 Å². The Morgan fingerprint density at radius 2 is 1.87 bits per heavy atom. The highest BCUT2D eigenvalue weighted by Gasteiger charge is 2.50. The lowest BCUT2D eigenvalue weighted by Gasteiger charge is -2.44. The Kier molecular flexibility index (Phi) is 6.44. The number of allylic oxidation sites excluding steroid dienone is 4. The predicted octanol–water partition coefficient (Wildman–Crippen LogP) is 5.09. The van der Waals surface area contributed by atoms with Crippen LogP contribution in [0.25, 0.3) is 0 Å². The van der Waals surface area contributed by atoms with Crippen LogP contribution >= 0.6 is 0 Å². The number of aliphatic hydroxyl groups is 3. The monoisotopic (exact) mass is 412 g/mol. The van der Waals surface area contributed by atoms with Crippen molar-refractivity contribution < 1.29 is 15.3 Å². The summed E-state index contributed by atoms with van der Waals surface area (Å²) in [5.74, 6) is 2.28. The topological polar surface area (TPSA) is 60.7 Å². The smallest absolute Gasteiger partial charge is 0.0811 e. The van der Waals surface area contributed by atoms with Crippen molar-refractivity contribution >= 4 is 0 Å². The Bertz CT molecular complexity index is 743. The lowest BCUT2D eigenvalue weighted by atomic mass is 9.61. The molecule has 0 aliphatic heterocycles. The van der Waals surface area contributed by atoms with Gasteiger partial charge in [0, 0.05) is 6.42 Å². The van der Waals surface area contributed by atoms with E-state index in [4.69, 9.17) is 0 Å². The van der Waals surface area contributed by atoms with Gasteiger partial charge in [-0.05, 0) is 91.6 Å². The quantitative estimate of drug-likeness (QED) is 0.551. The molecule has 4 rings (SSSR count). The lowest BCUT2D eigenvalue weighted by Crippen LogP contribution is -2.35. The van der Waals surface area contributed by atoms with Crippen LogP contribution in [-0.4, -0.2) is 33.6 Å². The molecule has 0 aromatic rings. The maximum atomic E-state index is 10.2. The van der Waals surface area contributed by atoms with Gasteiger partial charge in [-0.3, -0.25) is 0 Å². The molecule has 7 atom stereocenters. The van der Waals surface area contributed by atoms with Crippen molar-refractivity contribution in [1.82, 2.24) is 0 Å². The molecule has 3 heteroatoms. The first-order valence-corrected chi connectivity index (χ1v) is 12.1. The molecule has 0 bridgehead atoms. The highest BCUT2D eigenvalue weighted by Crippen LogP contribution is 2.59. The first-order valence-electron chi connectivity index (χ1n) is 12.1. The van der Waals surface area contributed by atoms with Crippen LogP contribution in [0.2, 0.25) is 0 Å². The molecule has 0 saturated heterocycles. The number of rotatable bonds is 5. The van der Waals surface area contributed by atoms with Crippen molar-refractivity contribution in [2.75, 3.05) is 0 Å². The Morgan fingerprint density at radius 3 is 2.60 bits per heavy atom. The molecule has 4 aliphatic carbocycles. The summed E-state index contributed by atoms with van der Waals surface area (Å²) in [6.45, 7) is 8.88. The zero-order valence-corrected chi connectivity index (χ0v) is 18.8. The van der Waals surface area contributed by atoms with Crippen LogP contribution in [0.5, 0.6) is 0 Å². The van der Waals surface area contributed by atoms with E-state index in [1.807, 2.05) is 0 Å².